The third-order valence-electron chi connectivity index (χ3n) is 3.75. The summed E-state index contributed by atoms with van der Waals surface area (Å²) in [5.74, 6) is 0.466. The van der Waals surface area contributed by atoms with Gasteiger partial charge in [0.1, 0.15) is 0 Å². The molecule has 1 heterocycles. The zero-order valence-corrected chi connectivity index (χ0v) is 15.8. The van der Waals surface area contributed by atoms with Gasteiger partial charge >= 0.3 is 5.97 Å². The number of nitrogens with one attached hydrogen (secondary N) is 2. The number of morpholine rings is 1. The molecule has 1 unspecified atom stereocenters. The SMILES string of the molecule is CCNC(=NCC(C)(O)CN1CCOCC1)NCCCC(=O)OCC. The number of esters is 1. The molecule has 0 aromatic carbocycles. The summed E-state index contributed by atoms with van der Waals surface area (Å²) in [6, 6.07) is 0. The van der Waals surface area contributed by atoms with Crippen LogP contribution < -0.4 is 10.6 Å². The van der Waals surface area contributed by atoms with Crippen LogP contribution in [0.25, 0.3) is 0 Å². The van der Waals surface area contributed by atoms with Gasteiger partial charge in [-0.15, -0.1) is 0 Å². The molecule has 0 amide bonds. The number of carbonyl (C=O) groups is 1. The van der Waals surface area contributed by atoms with Crippen LogP contribution in [-0.4, -0.2) is 86.6 Å². The molecule has 1 aliphatic heterocycles. The molecule has 3 N–H and O–H groups in total. The fourth-order valence-electron chi connectivity index (χ4n) is 2.55. The lowest BCUT2D eigenvalue weighted by molar-refractivity contribution is -0.143. The van der Waals surface area contributed by atoms with Crippen molar-refractivity contribution in [2.75, 3.05) is 59.1 Å². The molecule has 0 radical (unpaired) electrons. The molecule has 146 valence electrons. The number of aliphatic hydroxyl groups is 1. The third-order valence-corrected chi connectivity index (χ3v) is 3.75. The lowest BCUT2D eigenvalue weighted by Crippen LogP contribution is -2.48. The van der Waals surface area contributed by atoms with E-state index < -0.39 is 5.60 Å². The highest BCUT2D eigenvalue weighted by molar-refractivity contribution is 5.79. The van der Waals surface area contributed by atoms with Crippen molar-refractivity contribution in [2.45, 2.75) is 39.2 Å². The first-order chi connectivity index (χ1) is 12.0. The van der Waals surface area contributed by atoms with Crippen molar-refractivity contribution in [3.63, 3.8) is 0 Å². The smallest absolute Gasteiger partial charge is 0.305 e. The summed E-state index contributed by atoms with van der Waals surface area (Å²) >= 11 is 0. The van der Waals surface area contributed by atoms with Crippen molar-refractivity contribution >= 4 is 11.9 Å². The summed E-state index contributed by atoms with van der Waals surface area (Å²) in [6.07, 6.45) is 1.06. The molecule has 1 saturated heterocycles. The Morgan fingerprint density at radius 3 is 2.68 bits per heavy atom. The molecule has 0 aliphatic carbocycles. The predicted molar refractivity (Wildman–Crippen MR) is 97.7 cm³/mol. The maximum absolute atomic E-state index is 11.3. The molecule has 0 aromatic heterocycles. The Hall–Kier alpha value is -1.38. The number of ether oxygens (including phenoxy) is 2. The Balaban J connectivity index is 2.37. The van der Waals surface area contributed by atoms with Crippen molar-refractivity contribution in [1.82, 2.24) is 15.5 Å². The van der Waals surface area contributed by atoms with Gasteiger partial charge in [0.15, 0.2) is 5.96 Å². The summed E-state index contributed by atoms with van der Waals surface area (Å²) < 4.78 is 10.2. The van der Waals surface area contributed by atoms with Crippen LogP contribution in [0.15, 0.2) is 4.99 Å². The number of hydrogen-bond donors (Lipinski definition) is 3. The second kappa shape index (κ2) is 12.1. The molecular weight excluding hydrogens is 324 g/mol. The average Bonchev–Trinajstić information content (AvgIpc) is 2.57. The van der Waals surface area contributed by atoms with E-state index in [1.54, 1.807) is 13.8 Å². The first kappa shape index (κ1) is 21.7. The first-order valence-electron chi connectivity index (χ1n) is 9.17. The highest BCUT2D eigenvalue weighted by atomic mass is 16.5. The number of rotatable bonds is 10. The van der Waals surface area contributed by atoms with Crippen LogP contribution in [0, 0.1) is 0 Å². The Bertz CT molecular complexity index is 409. The van der Waals surface area contributed by atoms with Crippen LogP contribution in [0.1, 0.15) is 33.6 Å². The van der Waals surface area contributed by atoms with E-state index in [9.17, 15) is 9.90 Å². The number of hydrogen-bond acceptors (Lipinski definition) is 6. The van der Waals surface area contributed by atoms with E-state index in [1.807, 2.05) is 6.92 Å². The van der Waals surface area contributed by atoms with Gasteiger partial charge in [0.05, 0.1) is 32.0 Å². The van der Waals surface area contributed by atoms with E-state index in [0.29, 0.717) is 58.3 Å². The van der Waals surface area contributed by atoms with Crippen molar-refractivity contribution < 1.29 is 19.4 Å². The number of guanidine groups is 1. The van der Waals surface area contributed by atoms with E-state index in [4.69, 9.17) is 9.47 Å². The van der Waals surface area contributed by atoms with Gasteiger partial charge < -0.3 is 25.2 Å². The minimum atomic E-state index is -0.898. The van der Waals surface area contributed by atoms with Crippen LogP contribution in [0.3, 0.4) is 0 Å². The summed E-state index contributed by atoms with van der Waals surface area (Å²) in [4.78, 5) is 18.0. The molecule has 1 aliphatic rings. The molecule has 25 heavy (non-hydrogen) atoms. The van der Waals surface area contributed by atoms with E-state index in [1.165, 1.54) is 0 Å². The molecular formula is C17H34N4O4. The van der Waals surface area contributed by atoms with Crippen LogP contribution in [0.5, 0.6) is 0 Å². The molecule has 1 rings (SSSR count). The summed E-state index contributed by atoms with van der Waals surface area (Å²) in [7, 11) is 0. The van der Waals surface area contributed by atoms with E-state index in [0.717, 1.165) is 19.6 Å². The third kappa shape index (κ3) is 10.3. The van der Waals surface area contributed by atoms with Gasteiger partial charge in [0, 0.05) is 39.1 Å². The maximum Gasteiger partial charge on any atom is 0.305 e. The molecule has 1 fully saturated rings. The monoisotopic (exact) mass is 358 g/mol. The number of nitrogens with zero attached hydrogens (tertiary/aromatic N) is 2. The normalized spacial score (nSPS) is 18.5. The molecule has 0 saturated carbocycles. The summed E-state index contributed by atoms with van der Waals surface area (Å²) in [6.45, 7) is 11.3. The molecule has 0 spiro atoms. The van der Waals surface area contributed by atoms with Crippen molar-refractivity contribution in [2.24, 2.45) is 4.99 Å². The van der Waals surface area contributed by atoms with Gasteiger partial charge in [-0.1, -0.05) is 0 Å². The molecule has 1 atom stereocenters. The maximum atomic E-state index is 11.3. The van der Waals surface area contributed by atoms with Crippen LogP contribution in [0.2, 0.25) is 0 Å². The molecule has 0 aromatic rings. The van der Waals surface area contributed by atoms with Gasteiger partial charge in [-0.2, -0.15) is 0 Å². The van der Waals surface area contributed by atoms with Crippen molar-refractivity contribution in [3.8, 4) is 0 Å². The number of aliphatic imine (C=N–C) groups is 1. The zero-order valence-electron chi connectivity index (χ0n) is 15.8. The second-order valence-corrected chi connectivity index (χ2v) is 6.42. The topological polar surface area (TPSA) is 95.4 Å². The Morgan fingerprint density at radius 1 is 1.32 bits per heavy atom. The number of carbonyl (C=O) groups excluding carboxylic acids is 1. The Morgan fingerprint density at radius 2 is 2.04 bits per heavy atom. The average molecular weight is 358 g/mol. The second-order valence-electron chi connectivity index (χ2n) is 6.42. The minimum Gasteiger partial charge on any atom is -0.466 e. The quantitative estimate of drug-likeness (QED) is 0.218. The van der Waals surface area contributed by atoms with Gasteiger partial charge in [-0.05, 0) is 27.2 Å². The Labute approximate surface area is 151 Å². The fourth-order valence-corrected chi connectivity index (χ4v) is 2.55. The fraction of sp³-hybridized carbons (Fsp3) is 0.882. The zero-order chi connectivity index (χ0) is 18.5. The lowest BCUT2D eigenvalue weighted by Gasteiger charge is -2.33. The first-order valence-corrected chi connectivity index (χ1v) is 9.17. The Kier molecular flexibility index (Phi) is 10.4. The molecule has 8 heteroatoms. The summed E-state index contributed by atoms with van der Waals surface area (Å²) in [5.41, 5.74) is -0.898. The minimum absolute atomic E-state index is 0.181. The van der Waals surface area contributed by atoms with Crippen molar-refractivity contribution in [3.05, 3.63) is 0 Å². The molecule has 0 bridgehead atoms. The summed E-state index contributed by atoms with van der Waals surface area (Å²) in [5, 5.41) is 16.9. The lowest BCUT2D eigenvalue weighted by atomic mass is 10.1. The standard InChI is InChI=1S/C17H34N4O4/c1-4-18-16(19-8-6-7-15(22)25-5-2)20-13-17(3,23)14-21-9-11-24-12-10-21/h23H,4-14H2,1-3H3,(H2,18,19,20). The van der Waals surface area contributed by atoms with Gasteiger partial charge in [-0.25, -0.2) is 0 Å². The predicted octanol–water partition coefficient (Wildman–Crippen LogP) is -0.0320. The van der Waals surface area contributed by atoms with Crippen LogP contribution in [0.4, 0.5) is 0 Å². The van der Waals surface area contributed by atoms with E-state index >= 15 is 0 Å². The van der Waals surface area contributed by atoms with E-state index in [-0.39, 0.29) is 5.97 Å². The highest BCUT2D eigenvalue weighted by Crippen LogP contribution is 2.09. The van der Waals surface area contributed by atoms with Crippen molar-refractivity contribution in [1.29, 1.82) is 0 Å². The molecule has 8 nitrogen and oxygen atoms in total. The largest absolute Gasteiger partial charge is 0.466 e. The van der Waals surface area contributed by atoms with Gasteiger partial charge in [-0.3, -0.25) is 14.7 Å². The van der Waals surface area contributed by atoms with Crippen LogP contribution >= 0.6 is 0 Å². The van der Waals surface area contributed by atoms with Crippen LogP contribution in [-0.2, 0) is 14.3 Å². The van der Waals surface area contributed by atoms with E-state index in [2.05, 4.69) is 20.5 Å². The highest BCUT2D eigenvalue weighted by Gasteiger charge is 2.25. The van der Waals surface area contributed by atoms with Gasteiger partial charge in [0.2, 0.25) is 0 Å². The van der Waals surface area contributed by atoms with Gasteiger partial charge in [0.25, 0.3) is 0 Å². The number of β-amino-alcohol motifs (C(OH)–C–C–N with tert-alkyl or cyclic N) is 1.